The molecule has 1 heterocycles. The van der Waals surface area contributed by atoms with Crippen molar-refractivity contribution in [3.8, 4) is 11.5 Å². The number of benzene rings is 1. The van der Waals surface area contributed by atoms with E-state index in [0.717, 1.165) is 24.3 Å². The monoisotopic (exact) mass is 384 g/mol. The lowest BCUT2D eigenvalue weighted by Crippen LogP contribution is -2.35. The van der Waals surface area contributed by atoms with Crippen LogP contribution in [0.5, 0.6) is 11.5 Å². The SMILES string of the molecule is COc1ccc(OCCNc2cc(C(=O)NC3CCCCCC3)ncn2)cc1. The Labute approximate surface area is 165 Å². The fraction of sp³-hybridized carbons (Fsp3) is 0.476. The minimum atomic E-state index is -0.133. The largest absolute Gasteiger partial charge is 0.497 e. The molecule has 0 saturated heterocycles. The van der Waals surface area contributed by atoms with Crippen molar-refractivity contribution in [2.45, 2.75) is 44.6 Å². The van der Waals surface area contributed by atoms with Crippen LogP contribution in [0.25, 0.3) is 0 Å². The molecule has 1 aliphatic rings. The van der Waals surface area contributed by atoms with E-state index < -0.39 is 0 Å². The Morgan fingerprint density at radius 1 is 1.07 bits per heavy atom. The summed E-state index contributed by atoms with van der Waals surface area (Å²) in [5, 5.41) is 6.27. The predicted molar refractivity (Wildman–Crippen MR) is 108 cm³/mol. The lowest BCUT2D eigenvalue weighted by molar-refractivity contribution is 0.0928. The number of ether oxygens (including phenoxy) is 2. The number of hydrogen-bond donors (Lipinski definition) is 2. The van der Waals surface area contributed by atoms with Crippen LogP contribution >= 0.6 is 0 Å². The summed E-state index contributed by atoms with van der Waals surface area (Å²) in [4.78, 5) is 20.8. The van der Waals surface area contributed by atoms with Gasteiger partial charge >= 0.3 is 0 Å². The van der Waals surface area contributed by atoms with Gasteiger partial charge in [-0.05, 0) is 37.1 Å². The van der Waals surface area contributed by atoms with Gasteiger partial charge in [0.05, 0.1) is 13.7 Å². The molecule has 2 aromatic rings. The van der Waals surface area contributed by atoms with Gasteiger partial charge in [0.25, 0.3) is 5.91 Å². The average molecular weight is 384 g/mol. The van der Waals surface area contributed by atoms with Crippen molar-refractivity contribution in [3.05, 3.63) is 42.4 Å². The average Bonchev–Trinajstić information content (AvgIpc) is 3.00. The molecular formula is C21H28N4O3. The van der Waals surface area contributed by atoms with Gasteiger partial charge in [0, 0.05) is 12.1 Å². The van der Waals surface area contributed by atoms with E-state index in [9.17, 15) is 4.79 Å². The van der Waals surface area contributed by atoms with E-state index in [0.29, 0.717) is 24.7 Å². The minimum absolute atomic E-state index is 0.133. The van der Waals surface area contributed by atoms with Gasteiger partial charge in [0.15, 0.2) is 0 Å². The fourth-order valence-corrected chi connectivity index (χ4v) is 3.28. The number of rotatable bonds is 8. The number of carbonyl (C=O) groups is 1. The number of nitrogens with one attached hydrogen (secondary N) is 2. The number of amides is 1. The molecule has 3 rings (SSSR count). The van der Waals surface area contributed by atoms with Crippen molar-refractivity contribution in [3.63, 3.8) is 0 Å². The summed E-state index contributed by atoms with van der Waals surface area (Å²) in [7, 11) is 1.63. The fourth-order valence-electron chi connectivity index (χ4n) is 3.28. The molecule has 2 N–H and O–H groups in total. The van der Waals surface area contributed by atoms with E-state index in [1.165, 1.54) is 32.0 Å². The highest BCUT2D eigenvalue weighted by molar-refractivity contribution is 5.93. The first-order chi connectivity index (χ1) is 13.7. The maximum atomic E-state index is 12.5. The quantitative estimate of drug-likeness (QED) is 0.536. The molecule has 150 valence electrons. The Hall–Kier alpha value is -2.83. The summed E-state index contributed by atoms with van der Waals surface area (Å²) in [5.41, 5.74) is 0.387. The highest BCUT2D eigenvalue weighted by Crippen LogP contribution is 2.18. The van der Waals surface area contributed by atoms with E-state index in [4.69, 9.17) is 9.47 Å². The summed E-state index contributed by atoms with van der Waals surface area (Å²) < 4.78 is 10.8. The van der Waals surface area contributed by atoms with Crippen LogP contribution in [-0.4, -0.2) is 42.2 Å². The Morgan fingerprint density at radius 2 is 1.79 bits per heavy atom. The number of carbonyl (C=O) groups excluding carboxylic acids is 1. The van der Waals surface area contributed by atoms with Gasteiger partial charge in [-0.1, -0.05) is 25.7 Å². The first-order valence-corrected chi connectivity index (χ1v) is 9.88. The van der Waals surface area contributed by atoms with Crippen LogP contribution in [0.2, 0.25) is 0 Å². The van der Waals surface area contributed by atoms with Gasteiger partial charge in [-0.15, -0.1) is 0 Å². The molecule has 7 nitrogen and oxygen atoms in total. The summed E-state index contributed by atoms with van der Waals surface area (Å²) in [5.74, 6) is 2.04. The second-order valence-electron chi connectivity index (χ2n) is 6.90. The first kappa shape index (κ1) is 19.9. The summed E-state index contributed by atoms with van der Waals surface area (Å²) in [6.45, 7) is 1.03. The molecule has 1 aliphatic carbocycles. The van der Waals surface area contributed by atoms with Crippen LogP contribution in [0.4, 0.5) is 5.82 Å². The van der Waals surface area contributed by atoms with Crippen LogP contribution in [0.1, 0.15) is 49.0 Å². The van der Waals surface area contributed by atoms with Crippen molar-refractivity contribution in [1.29, 1.82) is 0 Å². The Morgan fingerprint density at radius 3 is 2.50 bits per heavy atom. The number of anilines is 1. The maximum Gasteiger partial charge on any atom is 0.270 e. The lowest BCUT2D eigenvalue weighted by atomic mass is 10.1. The first-order valence-electron chi connectivity index (χ1n) is 9.88. The Balaban J connectivity index is 1.45. The second-order valence-corrected chi connectivity index (χ2v) is 6.90. The highest BCUT2D eigenvalue weighted by Gasteiger charge is 2.17. The number of aromatic nitrogens is 2. The molecule has 0 atom stereocenters. The number of nitrogens with zero attached hydrogens (tertiary/aromatic N) is 2. The van der Waals surface area contributed by atoms with E-state index >= 15 is 0 Å². The van der Waals surface area contributed by atoms with Crippen LogP contribution < -0.4 is 20.1 Å². The van der Waals surface area contributed by atoms with Crippen LogP contribution in [0.3, 0.4) is 0 Å². The number of hydrogen-bond acceptors (Lipinski definition) is 6. The van der Waals surface area contributed by atoms with Gasteiger partial charge in [-0.3, -0.25) is 4.79 Å². The smallest absolute Gasteiger partial charge is 0.270 e. The molecule has 0 unspecified atom stereocenters. The van der Waals surface area contributed by atoms with Crippen LogP contribution in [0.15, 0.2) is 36.7 Å². The molecule has 1 aromatic heterocycles. The summed E-state index contributed by atoms with van der Waals surface area (Å²) >= 11 is 0. The third kappa shape index (κ3) is 6.11. The lowest BCUT2D eigenvalue weighted by Gasteiger charge is -2.16. The van der Waals surface area contributed by atoms with Crippen molar-refractivity contribution in [2.75, 3.05) is 25.6 Å². The molecule has 0 spiro atoms. The van der Waals surface area contributed by atoms with Gasteiger partial charge in [0.2, 0.25) is 0 Å². The Bertz CT molecular complexity index is 744. The highest BCUT2D eigenvalue weighted by atomic mass is 16.5. The predicted octanol–water partition coefficient (Wildman–Crippen LogP) is 3.43. The zero-order valence-electron chi connectivity index (χ0n) is 16.3. The maximum absolute atomic E-state index is 12.5. The second kappa shape index (κ2) is 10.5. The third-order valence-electron chi connectivity index (χ3n) is 4.83. The molecule has 0 aliphatic heterocycles. The zero-order chi connectivity index (χ0) is 19.6. The van der Waals surface area contributed by atoms with E-state index in [1.54, 1.807) is 13.2 Å². The molecule has 0 bridgehead atoms. The summed E-state index contributed by atoms with van der Waals surface area (Å²) in [6, 6.07) is 9.36. The number of methoxy groups -OCH3 is 1. The zero-order valence-corrected chi connectivity index (χ0v) is 16.3. The van der Waals surface area contributed by atoms with E-state index in [2.05, 4.69) is 20.6 Å². The standard InChI is InChI=1S/C21H28N4O3/c1-27-17-8-10-18(11-9-17)28-13-12-22-20-14-19(23-15-24-20)21(26)25-16-6-4-2-3-5-7-16/h8-11,14-16H,2-7,12-13H2,1H3,(H,25,26)(H,22,23,24). The van der Waals surface area contributed by atoms with Gasteiger partial charge in [0.1, 0.15) is 35.9 Å². The van der Waals surface area contributed by atoms with E-state index in [-0.39, 0.29) is 11.9 Å². The summed E-state index contributed by atoms with van der Waals surface area (Å²) in [6.07, 6.45) is 8.37. The Kier molecular flexibility index (Phi) is 7.46. The van der Waals surface area contributed by atoms with Crippen molar-refractivity contribution >= 4 is 11.7 Å². The molecule has 1 aromatic carbocycles. The molecule has 1 fully saturated rings. The normalized spacial score (nSPS) is 14.8. The third-order valence-corrected chi connectivity index (χ3v) is 4.83. The van der Waals surface area contributed by atoms with Gasteiger partial charge < -0.3 is 20.1 Å². The molecule has 0 radical (unpaired) electrons. The van der Waals surface area contributed by atoms with Crippen molar-refractivity contribution < 1.29 is 14.3 Å². The van der Waals surface area contributed by atoms with Gasteiger partial charge in [-0.25, -0.2) is 9.97 Å². The molecule has 1 amide bonds. The molecule has 1 saturated carbocycles. The van der Waals surface area contributed by atoms with Crippen molar-refractivity contribution in [2.24, 2.45) is 0 Å². The van der Waals surface area contributed by atoms with Crippen LogP contribution in [0, 0.1) is 0 Å². The topological polar surface area (TPSA) is 85.4 Å². The molecule has 7 heteroatoms. The van der Waals surface area contributed by atoms with Crippen LogP contribution in [-0.2, 0) is 0 Å². The molecular weight excluding hydrogens is 356 g/mol. The van der Waals surface area contributed by atoms with E-state index in [1.807, 2.05) is 24.3 Å². The minimum Gasteiger partial charge on any atom is -0.497 e. The van der Waals surface area contributed by atoms with Gasteiger partial charge in [-0.2, -0.15) is 0 Å². The van der Waals surface area contributed by atoms with Crippen molar-refractivity contribution in [1.82, 2.24) is 15.3 Å². The molecule has 28 heavy (non-hydrogen) atoms.